The maximum absolute atomic E-state index is 13.2. The third-order valence-electron chi connectivity index (χ3n) is 6.63. The third kappa shape index (κ3) is 5.18. The minimum atomic E-state index is -0.266. The Morgan fingerprint density at radius 3 is 2.67 bits per heavy atom. The first-order valence-electron chi connectivity index (χ1n) is 12.8. The molecule has 39 heavy (non-hydrogen) atoms. The number of rotatable bonds is 9. The van der Waals surface area contributed by atoms with Crippen molar-refractivity contribution in [3.63, 3.8) is 0 Å². The molecule has 0 radical (unpaired) electrons. The van der Waals surface area contributed by atoms with Crippen molar-refractivity contribution in [2.24, 2.45) is 0 Å². The van der Waals surface area contributed by atoms with Crippen LogP contribution >= 0.6 is 0 Å². The molecule has 1 aliphatic rings. The number of hydrogen-bond acceptors (Lipinski definition) is 7. The van der Waals surface area contributed by atoms with Crippen molar-refractivity contribution in [2.75, 3.05) is 42.9 Å². The fraction of sp³-hybridized carbons (Fsp3) is 0.276. The lowest BCUT2D eigenvalue weighted by molar-refractivity contribution is -0.118. The Balaban J connectivity index is 1.44. The fourth-order valence-electron chi connectivity index (χ4n) is 4.68. The van der Waals surface area contributed by atoms with Gasteiger partial charge in [0.1, 0.15) is 17.2 Å². The van der Waals surface area contributed by atoms with Gasteiger partial charge in [0.05, 0.1) is 31.2 Å². The van der Waals surface area contributed by atoms with E-state index >= 15 is 0 Å². The highest BCUT2D eigenvalue weighted by atomic mass is 16.5. The van der Waals surface area contributed by atoms with Crippen molar-refractivity contribution in [3.8, 4) is 17.2 Å². The number of benzene rings is 2. The Kier molecular flexibility index (Phi) is 7.27. The molecule has 2 N–H and O–H groups in total. The molecule has 4 aromatic rings. The number of aryl methyl sites for hydroxylation is 1. The largest absolute Gasteiger partial charge is 0.493 e. The predicted octanol–water partition coefficient (Wildman–Crippen LogP) is 4.52. The van der Waals surface area contributed by atoms with Gasteiger partial charge in [0.15, 0.2) is 18.1 Å². The van der Waals surface area contributed by atoms with Gasteiger partial charge in [-0.05, 0) is 55.3 Å². The number of anilines is 3. The molecular weight excluding hydrogens is 498 g/mol. The molecule has 0 aliphatic carbocycles. The minimum Gasteiger partial charge on any atom is -0.493 e. The molecule has 202 valence electrons. The van der Waals surface area contributed by atoms with Crippen LogP contribution < -0.4 is 29.7 Å². The molecule has 2 aromatic carbocycles. The van der Waals surface area contributed by atoms with Crippen molar-refractivity contribution in [1.82, 2.24) is 9.38 Å². The molecule has 10 heteroatoms. The van der Waals surface area contributed by atoms with Gasteiger partial charge in [-0.3, -0.25) is 14.0 Å². The van der Waals surface area contributed by atoms with Crippen molar-refractivity contribution in [2.45, 2.75) is 26.8 Å². The van der Waals surface area contributed by atoms with Crippen LogP contribution in [0.15, 0.2) is 54.7 Å². The molecular formula is C29H31N5O5. The maximum atomic E-state index is 13.2. The number of pyridine rings is 1. The normalized spacial score (nSPS) is 12.4. The van der Waals surface area contributed by atoms with E-state index in [0.717, 1.165) is 35.7 Å². The van der Waals surface area contributed by atoms with Crippen LogP contribution in [0.25, 0.3) is 5.65 Å². The highest BCUT2D eigenvalue weighted by molar-refractivity contribution is 6.05. The molecule has 0 saturated heterocycles. The van der Waals surface area contributed by atoms with Crippen LogP contribution in [0.3, 0.4) is 0 Å². The number of carbonyl (C=O) groups excluding carboxylic acids is 2. The smallest absolute Gasteiger partial charge is 0.262 e. The number of carbonyl (C=O) groups is 2. The molecule has 0 unspecified atom stereocenters. The average Bonchev–Trinajstić information content (AvgIpc) is 3.33. The summed E-state index contributed by atoms with van der Waals surface area (Å²) in [6, 6.07) is 14.6. The fourth-order valence-corrected chi connectivity index (χ4v) is 4.68. The zero-order valence-electron chi connectivity index (χ0n) is 22.4. The molecule has 2 aromatic heterocycles. The number of methoxy groups -OCH3 is 2. The van der Waals surface area contributed by atoms with Gasteiger partial charge < -0.3 is 29.7 Å². The summed E-state index contributed by atoms with van der Waals surface area (Å²) < 4.78 is 18.3. The number of aromatic nitrogens is 2. The Bertz CT molecular complexity index is 1550. The second-order valence-corrected chi connectivity index (χ2v) is 9.09. The van der Waals surface area contributed by atoms with Crippen LogP contribution in [-0.4, -0.2) is 48.6 Å². The summed E-state index contributed by atoms with van der Waals surface area (Å²) >= 11 is 0. The van der Waals surface area contributed by atoms with Crippen LogP contribution in [0.5, 0.6) is 17.2 Å². The Labute approximate surface area is 226 Å². The molecule has 0 atom stereocenters. The predicted molar refractivity (Wildman–Crippen MR) is 149 cm³/mol. The second kappa shape index (κ2) is 10.9. The lowest BCUT2D eigenvalue weighted by atomic mass is 10.1. The molecule has 0 spiro atoms. The van der Waals surface area contributed by atoms with E-state index in [1.165, 1.54) is 0 Å². The summed E-state index contributed by atoms with van der Waals surface area (Å²) in [4.78, 5) is 31.8. The van der Waals surface area contributed by atoms with Crippen molar-refractivity contribution < 1.29 is 23.8 Å². The molecule has 0 fully saturated rings. The summed E-state index contributed by atoms with van der Waals surface area (Å²) in [7, 11) is 3.24. The lowest BCUT2D eigenvalue weighted by Crippen LogP contribution is -2.25. The Hall–Kier alpha value is -4.73. The lowest BCUT2D eigenvalue weighted by Gasteiger charge is -2.24. The van der Waals surface area contributed by atoms with Crippen LogP contribution in [0.4, 0.5) is 17.2 Å². The van der Waals surface area contributed by atoms with Crippen molar-refractivity contribution >= 4 is 34.7 Å². The first-order valence-corrected chi connectivity index (χ1v) is 12.8. The molecule has 10 nitrogen and oxygen atoms in total. The van der Waals surface area contributed by atoms with Gasteiger partial charge in [0.25, 0.3) is 11.8 Å². The summed E-state index contributed by atoms with van der Waals surface area (Å²) in [6.45, 7) is 5.47. The van der Waals surface area contributed by atoms with Gasteiger partial charge in [-0.25, -0.2) is 4.98 Å². The topological polar surface area (TPSA) is 106 Å². The minimum absolute atomic E-state index is 0.0541. The maximum Gasteiger partial charge on any atom is 0.262 e. The number of ether oxygens (including phenoxy) is 3. The molecule has 1 aliphatic heterocycles. The van der Waals surface area contributed by atoms with Crippen molar-refractivity contribution in [3.05, 3.63) is 71.5 Å². The van der Waals surface area contributed by atoms with Crippen LogP contribution in [0.1, 0.15) is 35.5 Å². The second-order valence-electron chi connectivity index (χ2n) is 9.09. The monoisotopic (exact) mass is 529 g/mol. The Morgan fingerprint density at radius 2 is 1.92 bits per heavy atom. The Morgan fingerprint density at radius 1 is 1.10 bits per heavy atom. The van der Waals surface area contributed by atoms with Crippen molar-refractivity contribution in [1.29, 1.82) is 0 Å². The van der Waals surface area contributed by atoms with E-state index in [1.54, 1.807) is 38.5 Å². The van der Waals surface area contributed by atoms with Gasteiger partial charge in [0, 0.05) is 31.0 Å². The molecule has 0 saturated carbocycles. The average molecular weight is 530 g/mol. The van der Waals surface area contributed by atoms with E-state index in [0.29, 0.717) is 40.7 Å². The zero-order valence-corrected chi connectivity index (χ0v) is 22.4. The molecule has 0 bridgehead atoms. The summed E-state index contributed by atoms with van der Waals surface area (Å²) in [5, 5.41) is 5.67. The van der Waals surface area contributed by atoms with Gasteiger partial charge in [-0.2, -0.15) is 0 Å². The van der Waals surface area contributed by atoms with E-state index < -0.39 is 0 Å². The SMILES string of the molecule is CCc1nc2ccc(C(=O)Nc3ccc4c(c3)OCC(=O)N4)cn2c1N(CC)Cc1ccc(OC)c(OC)c1. The quantitative estimate of drug-likeness (QED) is 0.328. The van der Waals surface area contributed by atoms with E-state index in [2.05, 4.69) is 29.4 Å². The standard InChI is InChI=1S/C29H31N5O5/c1-5-21-29(33(6-2)15-18-7-11-23(37-3)25(13-18)38-4)34-16-19(8-12-26(34)31-21)28(36)30-20-9-10-22-24(14-20)39-17-27(35)32-22/h7-14,16H,5-6,15,17H2,1-4H3,(H,30,36)(H,32,35). The first kappa shape index (κ1) is 25.9. The summed E-state index contributed by atoms with van der Waals surface area (Å²) in [5.41, 5.74) is 4.41. The number of hydrogen-bond donors (Lipinski definition) is 2. The highest BCUT2D eigenvalue weighted by Crippen LogP contribution is 2.32. The summed E-state index contributed by atoms with van der Waals surface area (Å²) in [5.74, 6) is 2.34. The number of fused-ring (bicyclic) bond motifs is 2. The first-order chi connectivity index (χ1) is 18.9. The molecule has 3 heterocycles. The van der Waals surface area contributed by atoms with Gasteiger partial charge in [-0.1, -0.05) is 13.0 Å². The number of imidazole rings is 1. The van der Waals surface area contributed by atoms with Gasteiger partial charge >= 0.3 is 0 Å². The van der Waals surface area contributed by atoms with E-state index in [1.807, 2.05) is 34.9 Å². The number of amides is 2. The van der Waals surface area contributed by atoms with E-state index in [4.69, 9.17) is 19.2 Å². The van der Waals surface area contributed by atoms with Crippen LogP contribution in [0, 0.1) is 0 Å². The highest BCUT2D eigenvalue weighted by Gasteiger charge is 2.20. The zero-order chi connectivity index (χ0) is 27.5. The van der Waals surface area contributed by atoms with E-state index in [-0.39, 0.29) is 18.4 Å². The van der Waals surface area contributed by atoms with Gasteiger partial charge in [-0.15, -0.1) is 0 Å². The number of nitrogens with zero attached hydrogens (tertiary/aromatic N) is 3. The van der Waals surface area contributed by atoms with Crippen LogP contribution in [-0.2, 0) is 17.8 Å². The molecule has 5 rings (SSSR count). The molecule has 2 amide bonds. The summed E-state index contributed by atoms with van der Waals surface area (Å²) in [6.07, 6.45) is 2.56. The third-order valence-corrected chi connectivity index (χ3v) is 6.63. The number of nitrogens with one attached hydrogen (secondary N) is 2. The van der Waals surface area contributed by atoms with E-state index in [9.17, 15) is 9.59 Å². The van der Waals surface area contributed by atoms with Crippen LogP contribution in [0.2, 0.25) is 0 Å². The van der Waals surface area contributed by atoms with Gasteiger partial charge in [0.2, 0.25) is 0 Å².